The van der Waals surface area contributed by atoms with Crippen molar-refractivity contribution in [2.45, 2.75) is 33.1 Å². The fourth-order valence-corrected chi connectivity index (χ4v) is 3.22. The molecule has 0 atom stereocenters. The monoisotopic (exact) mass is 357 g/mol. The zero-order valence-electron chi connectivity index (χ0n) is 15.1. The van der Waals surface area contributed by atoms with Gasteiger partial charge in [0.2, 0.25) is 0 Å². The molecule has 0 unspecified atom stereocenters. The summed E-state index contributed by atoms with van der Waals surface area (Å²) in [7, 11) is 0. The Kier molecular flexibility index (Phi) is 5.37. The molecule has 1 saturated heterocycles. The van der Waals surface area contributed by atoms with Crippen molar-refractivity contribution in [3.63, 3.8) is 0 Å². The van der Waals surface area contributed by atoms with E-state index >= 15 is 0 Å². The van der Waals surface area contributed by atoms with Crippen LogP contribution in [0.4, 0.5) is 10.5 Å². The van der Waals surface area contributed by atoms with Crippen LogP contribution < -0.4 is 10.2 Å². The fourth-order valence-electron chi connectivity index (χ4n) is 3.22. The van der Waals surface area contributed by atoms with Gasteiger partial charge in [0.1, 0.15) is 5.57 Å². The van der Waals surface area contributed by atoms with Crippen molar-refractivity contribution < 1.29 is 19.2 Å². The number of urea groups is 1. The van der Waals surface area contributed by atoms with E-state index in [-0.39, 0.29) is 12.2 Å². The van der Waals surface area contributed by atoms with E-state index in [4.69, 9.17) is 4.84 Å². The lowest BCUT2D eigenvalue weighted by Gasteiger charge is -2.24. The summed E-state index contributed by atoms with van der Waals surface area (Å²) in [6, 6.07) is 5.05. The minimum absolute atomic E-state index is 0.112. The fraction of sp³-hybridized carbons (Fsp3) is 0.421. The van der Waals surface area contributed by atoms with Crippen molar-refractivity contribution in [1.82, 2.24) is 10.4 Å². The molecule has 0 aliphatic carbocycles. The molecule has 2 heterocycles. The van der Waals surface area contributed by atoms with Crippen molar-refractivity contribution in [3.8, 4) is 0 Å². The standard InChI is InChI=1S/C19H23N3O4/c1-3-5-9-21-10-8-14-11-13(6-7-16(14)21)12-15-17(23)20-19(25)22(18(15)24)26-4-2/h6-7,11-12H,3-5,8-10H2,1-2H3,(H,20,23,25)/b15-12+. The second-order valence-corrected chi connectivity index (χ2v) is 6.31. The maximum atomic E-state index is 12.4. The van der Waals surface area contributed by atoms with Gasteiger partial charge in [-0.1, -0.05) is 19.4 Å². The highest BCUT2D eigenvalue weighted by molar-refractivity contribution is 6.30. The first-order valence-corrected chi connectivity index (χ1v) is 8.97. The summed E-state index contributed by atoms with van der Waals surface area (Å²) in [6.07, 6.45) is 4.76. The third-order valence-electron chi connectivity index (χ3n) is 4.51. The molecule has 0 radical (unpaired) electrons. The Morgan fingerprint density at radius 1 is 1.23 bits per heavy atom. The molecule has 0 aromatic heterocycles. The van der Waals surface area contributed by atoms with E-state index in [9.17, 15) is 14.4 Å². The summed E-state index contributed by atoms with van der Waals surface area (Å²) in [4.78, 5) is 43.5. The van der Waals surface area contributed by atoms with Crippen LogP contribution in [0.25, 0.3) is 6.08 Å². The molecule has 7 nitrogen and oxygen atoms in total. The van der Waals surface area contributed by atoms with Gasteiger partial charge in [0.15, 0.2) is 0 Å². The van der Waals surface area contributed by atoms with Crippen LogP contribution in [-0.2, 0) is 20.8 Å². The topological polar surface area (TPSA) is 79.0 Å². The molecule has 1 aromatic carbocycles. The number of hydroxylamine groups is 2. The quantitative estimate of drug-likeness (QED) is 0.624. The van der Waals surface area contributed by atoms with E-state index in [0.29, 0.717) is 5.06 Å². The number of barbiturate groups is 1. The maximum Gasteiger partial charge on any atom is 0.356 e. The number of fused-ring (bicyclic) bond motifs is 1. The van der Waals surface area contributed by atoms with Gasteiger partial charge in [-0.25, -0.2) is 4.79 Å². The van der Waals surface area contributed by atoms with Gasteiger partial charge in [0.05, 0.1) is 6.61 Å². The maximum absolute atomic E-state index is 12.4. The van der Waals surface area contributed by atoms with Gasteiger partial charge in [0, 0.05) is 18.8 Å². The zero-order chi connectivity index (χ0) is 18.7. The number of hydrogen-bond donors (Lipinski definition) is 1. The third kappa shape index (κ3) is 3.48. The smallest absolute Gasteiger partial charge is 0.356 e. The molecule has 1 aromatic rings. The van der Waals surface area contributed by atoms with Gasteiger partial charge < -0.3 is 4.90 Å². The van der Waals surface area contributed by atoms with E-state index in [1.54, 1.807) is 6.92 Å². The minimum atomic E-state index is -0.862. The highest BCUT2D eigenvalue weighted by Gasteiger charge is 2.36. The number of anilines is 1. The summed E-state index contributed by atoms with van der Waals surface area (Å²) >= 11 is 0. The molecule has 4 amide bonds. The number of nitrogens with zero attached hydrogens (tertiary/aromatic N) is 2. The van der Waals surface area contributed by atoms with Crippen LogP contribution in [0.1, 0.15) is 37.8 Å². The predicted octanol–water partition coefficient (Wildman–Crippen LogP) is 2.26. The molecule has 3 rings (SSSR count). The number of unbranched alkanes of at least 4 members (excludes halogenated alkanes) is 1. The Bertz CT molecular complexity index is 772. The summed E-state index contributed by atoms with van der Waals surface area (Å²) in [6.45, 7) is 6.00. The van der Waals surface area contributed by atoms with Crippen LogP contribution in [-0.4, -0.2) is 42.6 Å². The number of benzene rings is 1. The van der Waals surface area contributed by atoms with Crippen molar-refractivity contribution in [3.05, 3.63) is 34.9 Å². The van der Waals surface area contributed by atoms with Crippen LogP contribution in [0.5, 0.6) is 0 Å². The zero-order valence-corrected chi connectivity index (χ0v) is 15.1. The van der Waals surface area contributed by atoms with Crippen molar-refractivity contribution >= 4 is 29.6 Å². The number of amides is 4. The number of rotatable bonds is 6. The molecule has 26 heavy (non-hydrogen) atoms. The summed E-state index contributed by atoms with van der Waals surface area (Å²) in [5.74, 6) is -1.45. The molecule has 2 aliphatic rings. The van der Waals surface area contributed by atoms with Crippen molar-refractivity contribution in [2.24, 2.45) is 0 Å². The Morgan fingerprint density at radius 2 is 2.04 bits per heavy atom. The second kappa shape index (κ2) is 7.70. The van der Waals surface area contributed by atoms with E-state index in [1.165, 1.54) is 17.3 Å². The molecule has 1 N–H and O–H groups in total. The van der Waals surface area contributed by atoms with E-state index < -0.39 is 17.8 Å². The van der Waals surface area contributed by atoms with E-state index in [0.717, 1.165) is 37.9 Å². The van der Waals surface area contributed by atoms with Crippen LogP contribution in [0.15, 0.2) is 23.8 Å². The van der Waals surface area contributed by atoms with Crippen LogP contribution in [0.2, 0.25) is 0 Å². The van der Waals surface area contributed by atoms with Gasteiger partial charge in [-0.3, -0.25) is 19.7 Å². The van der Waals surface area contributed by atoms with Crippen LogP contribution in [0.3, 0.4) is 0 Å². The summed E-state index contributed by atoms with van der Waals surface area (Å²) in [5.41, 5.74) is 3.06. The van der Waals surface area contributed by atoms with Gasteiger partial charge >= 0.3 is 6.03 Å². The normalized spacial score (nSPS) is 18.5. The molecule has 138 valence electrons. The lowest BCUT2D eigenvalue weighted by atomic mass is 10.0. The molecule has 0 saturated carbocycles. The molecule has 1 fully saturated rings. The Labute approximate surface area is 152 Å². The van der Waals surface area contributed by atoms with E-state index in [2.05, 4.69) is 17.1 Å². The van der Waals surface area contributed by atoms with Crippen molar-refractivity contribution in [2.75, 3.05) is 24.6 Å². The Morgan fingerprint density at radius 3 is 2.77 bits per heavy atom. The number of carbonyl (C=O) groups excluding carboxylic acids is 3. The average Bonchev–Trinajstić information content (AvgIpc) is 3.02. The number of nitrogens with one attached hydrogen (secondary N) is 1. The Hall–Kier alpha value is -2.67. The van der Waals surface area contributed by atoms with Gasteiger partial charge in [-0.15, -0.1) is 5.06 Å². The van der Waals surface area contributed by atoms with Gasteiger partial charge in [0.25, 0.3) is 11.8 Å². The van der Waals surface area contributed by atoms with Gasteiger partial charge in [-0.2, -0.15) is 0 Å². The number of carbonyl (C=O) groups is 3. The molecular weight excluding hydrogens is 334 g/mol. The second-order valence-electron chi connectivity index (χ2n) is 6.31. The molecule has 0 bridgehead atoms. The first-order valence-electron chi connectivity index (χ1n) is 8.97. The largest absolute Gasteiger partial charge is 0.371 e. The first-order chi connectivity index (χ1) is 12.5. The average molecular weight is 357 g/mol. The SMILES string of the molecule is CCCCN1CCc2cc(/C=C3\C(=O)NC(=O)N(OCC)C3=O)ccc21. The van der Waals surface area contributed by atoms with E-state index in [1.807, 2.05) is 18.2 Å². The Balaban J connectivity index is 1.84. The number of hydrogen-bond acceptors (Lipinski definition) is 5. The highest BCUT2D eigenvalue weighted by atomic mass is 16.7. The lowest BCUT2D eigenvalue weighted by molar-refractivity contribution is -0.165. The molecular formula is C19H23N3O4. The van der Waals surface area contributed by atoms with Crippen LogP contribution in [0, 0.1) is 0 Å². The summed E-state index contributed by atoms with van der Waals surface area (Å²) in [5, 5.41) is 2.71. The highest BCUT2D eigenvalue weighted by Crippen LogP contribution is 2.30. The minimum Gasteiger partial charge on any atom is -0.371 e. The summed E-state index contributed by atoms with van der Waals surface area (Å²) < 4.78 is 0. The molecule has 2 aliphatic heterocycles. The van der Waals surface area contributed by atoms with Crippen molar-refractivity contribution in [1.29, 1.82) is 0 Å². The van der Waals surface area contributed by atoms with Gasteiger partial charge in [-0.05, 0) is 49.1 Å². The third-order valence-corrected chi connectivity index (χ3v) is 4.51. The molecule has 7 heteroatoms. The number of imide groups is 2. The molecule has 0 spiro atoms. The van der Waals surface area contributed by atoms with Crippen LogP contribution >= 0.6 is 0 Å². The first kappa shape index (κ1) is 18.1. The predicted molar refractivity (Wildman–Crippen MR) is 97.3 cm³/mol. The lowest BCUT2D eigenvalue weighted by Crippen LogP contribution is -2.53.